The van der Waals surface area contributed by atoms with Crippen LogP contribution in [0.4, 0.5) is 5.69 Å². The van der Waals surface area contributed by atoms with Crippen LogP contribution in [0.2, 0.25) is 0 Å². The summed E-state index contributed by atoms with van der Waals surface area (Å²) in [5.74, 6) is 0.227. The van der Waals surface area contributed by atoms with E-state index in [1.807, 2.05) is 0 Å². The number of rotatable bonds is 5. The Morgan fingerprint density at radius 3 is 2.67 bits per heavy atom. The smallest absolute Gasteiger partial charge is 0.235 e. The number of amidine groups is 1. The van der Waals surface area contributed by atoms with Gasteiger partial charge < -0.3 is 15.2 Å². The van der Waals surface area contributed by atoms with E-state index >= 15 is 0 Å². The summed E-state index contributed by atoms with van der Waals surface area (Å²) in [6, 6.07) is 4.66. The molecule has 1 aliphatic rings. The van der Waals surface area contributed by atoms with Gasteiger partial charge in [0.05, 0.1) is 18.0 Å². The lowest BCUT2D eigenvalue weighted by Gasteiger charge is -2.23. The number of nitrogens with one attached hydrogen (secondary N) is 2. The fourth-order valence-electron chi connectivity index (χ4n) is 2.17. The molecule has 1 aliphatic heterocycles. The molecular formula is C13H19N3O4S. The molecule has 7 nitrogen and oxygen atoms in total. The van der Waals surface area contributed by atoms with Gasteiger partial charge in [-0.25, -0.2) is 8.42 Å². The third kappa shape index (κ3) is 3.64. The van der Waals surface area contributed by atoms with Crippen molar-refractivity contribution in [2.24, 2.45) is 5.73 Å². The van der Waals surface area contributed by atoms with Gasteiger partial charge in [-0.1, -0.05) is 0 Å². The normalized spacial score (nSPS) is 16.4. The molecule has 0 radical (unpaired) electrons. The number of hydrogen-bond acceptors (Lipinski definition) is 5. The summed E-state index contributed by atoms with van der Waals surface area (Å²) in [6.07, 6.45) is 0.951. The highest BCUT2D eigenvalue weighted by Crippen LogP contribution is 2.28. The Morgan fingerprint density at radius 2 is 2.10 bits per heavy atom. The van der Waals surface area contributed by atoms with E-state index in [1.165, 1.54) is 13.2 Å². The van der Waals surface area contributed by atoms with Crippen molar-refractivity contribution in [2.75, 3.05) is 25.0 Å². The van der Waals surface area contributed by atoms with Gasteiger partial charge in [-0.15, -0.1) is 0 Å². The Hall–Kier alpha value is -1.80. The summed E-state index contributed by atoms with van der Waals surface area (Å²) in [6.45, 7) is 0.901. The number of nitrogens with two attached hydrogens (primary N) is 1. The van der Waals surface area contributed by atoms with Gasteiger partial charge in [-0.05, 0) is 31.0 Å². The summed E-state index contributed by atoms with van der Waals surface area (Å²) < 4.78 is 37.6. The largest absolute Gasteiger partial charge is 0.495 e. The molecule has 116 valence electrons. The van der Waals surface area contributed by atoms with Crippen molar-refractivity contribution >= 4 is 21.5 Å². The fourth-order valence-corrected chi connectivity index (χ4v) is 3.62. The minimum atomic E-state index is -3.50. The van der Waals surface area contributed by atoms with Gasteiger partial charge in [0.1, 0.15) is 11.6 Å². The van der Waals surface area contributed by atoms with Gasteiger partial charge in [0.25, 0.3) is 0 Å². The number of sulfonamides is 1. The van der Waals surface area contributed by atoms with Crippen LogP contribution in [-0.2, 0) is 14.8 Å². The molecule has 0 amide bonds. The number of ether oxygens (including phenoxy) is 2. The molecule has 1 aromatic carbocycles. The average Bonchev–Trinajstić information content (AvgIpc) is 2.48. The molecule has 0 spiro atoms. The lowest BCUT2D eigenvalue weighted by Crippen LogP contribution is -2.33. The number of nitrogen functional groups attached to an aromatic ring is 1. The molecule has 1 saturated heterocycles. The molecule has 0 aromatic heterocycles. The van der Waals surface area contributed by atoms with E-state index < -0.39 is 15.3 Å². The first-order chi connectivity index (χ1) is 9.94. The van der Waals surface area contributed by atoms with Crippen molar-refractivity contribution in [3.8, 4) is 5.75 Å². The summed E-state index contributed by atoms with van der Waals surface area (Å²) in [5.41, 5.74) is 6.22. The van der Waals surface area contributed by atoms with Crippen molar-refractivity contribution in [3.63, 3.8) is 0 Å². The standard InChI is InChI=1S/C13H19N3O4S/c1-19-12-8-9(13(14)15)2-3-11(12)16-21(17,18)10-4-6-20-7-5-10/h2-3,8,10,16H,4-7H2,1H3,(H3,14,15). The monoisotopic (exact) mass is 313 g/mol. The topological polar surface area (TPSA) is 114 Å². The second kappa shape index (κ2) is 6.31. The first-order valence-corrected chi connectivity index (χ1v) is 8.10. The Bertz CT molecular complexity index is 624. The molecule has 0 atom stereocenters. The Labute approximate surface area is 124 Å². The second-order valence-corrected chi connectivity index (χ2v) is 6.75. The molecule has 8 heteroatoms. The summed E-state index contributed by atoms with van der Waals surface area (Å²) >= 11 is 0. The molecule has 0 saturated carbocycles. The molecule has 0 unspecified atom stereocenters. The number of anilines is 1. The van der Waals surface area contributed by atoms with E-state index in [-0.39, 0.29) is 5.84 Å². The van der Waals surface area contributed by atoms with Crippen molar-refractivity contribution < 1.29 is 17.9 Å². The highest BCUT2D eigenvalue weighted by Gasteiger charge is 2.28. The number of hydrogen-bond donors (Lipinski definition) is 3. The van der Waals surface area contributed by atoms with E-state index in [4.69, 9.17) is 20.6 Å². The van der Waals surface area contributed by atoms with E-state index in [9.17, 15) is 8.42 Å². The fraction of sp³-hybridized carbons (Fsp3) is 0.462. The van der Waals surface area contributed by atoms with Crippen LogP contribution < -0.4 is 15.2 Å². The average molecular weight is 313 g/mol. The van der Waals surface area contributed by atoms with Crippen LogP contribution in [0.5, 0.6) is 5.75 Å². The third-order valence-electron chi connectivity index (χ3n) is 3.37. The third-order valence-corrected chi connectivity index (χ3v) is 5.23. The van der Waals surface area contributed by atoms with Gasteiger partial charge in [0.2, 0.25) is 10.0 Å². The van der Waals surface area contributed by atoms with Crippen molar-refractivity contribution in [1.82, 2.24) is 0 Å². The first kappa shape index (κ1) is 15.6. The Morgan fingerprint density at radius 1 is 1.43 bits per heavy atom. The van der Waals surface area contributed by atoms with Crippen LogP contribution in [-0.4, -0.2) is 39.8 Å². The van der Waals surface area contributed by atoms with Crippen LogP contribution in [0.1, 0.15) is 18.4 Å². The number of benzene rings is 1. The van der Waals surface area contributed by atoms with Gasteiger partial charge in [-0.3, -0.25) is 10.1 Å². The van der Waals surface area contributed by atoms with Crippen molar-refractivity contribution in [3.05, 3.63) is 23.8 Å². The zero-order valence-corrected chi connectivity index (χ0v) is 12.6. The predicted octanol–water partition coefficient (Wildman–Crippen LogP) is 0.900. The lowest BCUT2D eigenvalue weighted by molar-refractivity contribution is 0.0984. The molecule has 0 aliphatic carbocycles. The minimum Gasteiger partial charge on any atom is -0.495 e. The first-order valence-electron chi connectivity index (χ1n) is 6.56. The van der Waals surface area contributed by atoms with Crippen LogP contribution >= 0.6 is 0 Å². The molecule has 0 bridgehead atoms. The lowest BCUT2D eigenvalue weighted by atomic mass is 10.2. The second-order valence-electron chi connectivity index (χ2n) is 4.79. The van der Waals surface area contributed by atoms with Crippen molar-refractivity contribution in [1.29, 1.82) is 5.41 Å². The highest BCUT2D eigenvalue weighted by molar-refractivity contribution is 7.93. The van der Waals surface area contributed by atoms with Crippen LogP contribution in [0, 0.1) is 5.41 Å². The Kier molecular flexibility index (Phi) is 4.69. The SMILES string of the molecule is COc1cc(C(=N)N)ccc1NS(=O)(=O)C1CCOCC1. The minimum absolute atomic E-state index is 0.105. The van der Waals surface area contributed by atoms with Crippen molar-refractivity contribution in [2.45, 2.75) is 18.1 Å². The van der Waals surface area contributed by atoms with E-state index in [0.717, 1.165) is 0 Å². The summed E-state index contributed by atoms with van der Waals surface area (Å²) in [5, 5.41) is 6.92. The van der Waals surface area contributed by atoms with Crippen LogP contribution in [0.15, 0.2) is 18.2 Å². The predicted molar refractivity (Wildman–Crippen MR) is 80.4 cm³/mol. The van der Waals surface area contributed by atoms with E-state index in [0.29, 0.717) is 43.1 Å². The zero-order chi connectivity index (χ0) is 15.5. The van der Waals surface area contributed by atoms with E-state index in [1.54, 1.807) is 12.1 Å². The maximum Gasteiger partial charge on any atom is 0.235 e. The maximum absolute atomic E-state index is 12.4. The zero-order valence-electron chi connectivity index (χ0n) is 11.8. The highest BCUT2D eigenvalue weighted by atomic mass is 32.2. The maximum atomic E-state index is 12.4. The number of methoxy groups -OCH3 is 1. The van der Waals surface area contributed by atoms with E-state index in [2.05, 4.69) is 4.72 Å². The molecular weight excluding hydrogens is 294 g/mol. The van der Waals surface area contributed by atoms with Crippen LogP contribution in [0.25, 0.3) is 0 Å². The Balaban J connectivity index is 2.23. The van der Waals surface area contributed by atoms with Gasteiger partial charge in [0, 0.05) is 18.8 Å². The molecule has 4 N–H and O–H groups in total. The van der Waals surface area contributed by atoms with Gasteiger partial charge in [-0.2, -0.15) is 0 Å². The summed E-state index contributed by atoms with van der Waals surface area (Å²) in [4.78, 5) is 0. The molecule has 2 rings (SSSR count). The molecule has 1 fully saturated rings. The molecule has 21 heavy (non-hydrogen) atoms. The van der Waals surface area contributed by atoms with Gasteiger partial charge in [0.15, 0.2) is 0 Å². The summed E-state index contributed by atoms with van der Waals surface area (Å²) in [7, 11) is -2.06. The van der Waals surface area contributed by atoms with Crippen LogP contribution in [0.3, 0.4) is 0 Å². The van der Waals surface area contributed by atoms with Gasteiger partial charge >= 0.3 is 0 Å². The quantitative estimate of drug-likeness (QED) is 0.552. The molecule has 1 heterocycles. The molecule has 1 aromatic rings.